The number of benzene rings is 2. The molecule has 0 bridgehead atoms. The maximum absolute atomic E-state index is 12.3. The Balaban J connectivity index is 1.86. The molecule has 26 heavy (non-hydrogen) atoms. The van der Waals surface area contributed by atoms with Crippen molar-refractivity contribution in [2.24, 2.45) is 0 Å². The monoisotopic (exact) mass is 394 g/mol. The van der Waals surface area contributed by atoms with Crippen molar-refractivity contribution >= 4 is 29.1 Å². The molecule has 4 nitrogen and oxygen atoms in total. The number of nitrogens with zero attached hydrogens (tertiary/aromatic N) is 1. The normalized spacial score (nSPS) is 12.2. The zero-order valence-corrected chi connectivity index (χ0v) is 16.3. The highest BCUT2D eigenvalue weighted by atomic mass is 35.5. The van der Waals surface area contributed by atoms with Crippen LogP contribution in [-0.2, 0) is 11.2 Å². The van der Waals surface area contributed by atoms with E-state index in [-0.39, 0.29) is 25.1 Å². The van der Waals surface area contributed by atoms with Crippen LogP contribution in [0.3, 0.4) is 0 Å². The van der Waals surface area contributed by atoms with E-state index >= 15 is 0 Å². The third kappa shape index (κ3) is 5.99. The summed E-state index contributed by atoms with van der Waals surface area (Å²) < 4.78 is 0. The minimum Gasteiger partial charge on any atom is -0.396 e. The molecule has 0 aliphatic carbocycles. The van der Waals surface area contributed by atoms with Crippen molar-refractivity contribution < 1.29 is 9.90 Å². The van der Waals surface area contributed by atoms with Gasteiger partial charge in [0.05, 0.1) is 16.6 Å². The highest BCUT2D eigenvalue weighted by Crippen LogP contribution is 2.25. The quantitative estimate of drug-likeness (QED) is 0.681. The zero-order valence-electron chi connectivity index (χ0n) is 14.8. The molecule has 0 saturated carbocycles. The maximum Gasteiger partial charge on any atom is 0.234 e. The van der Waals surface area contributed by atoms with Crippen molar-refractivity contribution in [3.63, 3.8) is 0 Å². The van der Waals surface area contributed by atoms with E-state index in [0.29, 0.717) is 29.4 Å². The molecule has 6 heteroatoms. The summed E-state index contributed by atoms with van der Waals surface area (Å²) in [6.07, 6.45) is 1.19. The molecule has 1 atom stereocenters. The predicted octanol–water partition coefficient (Wildman–Crippen LogP) is 3.71. The summed E-state index contributed by atoms with van der Waals surface area (Å²) >= 11 is 12.2. The van der Waals surface area contributed by atoms with Crippen LogP contribution in [0.15, 0.2) is 48.5 Å². The lowest BCUT2D eigenvalue weighted by Gasteiger charge is -2.27. The summed E-state index contributed by atoms with van der Waals surface area (Å²) in [4.78, 5) is 14.2. The van der Waals surface area contributed by atoms with Crippen LogP contribution in [0.5, 0.6) is 0 Å². The first-order chi connectivity index (χ1) is 12.5. The number of halogens is 2. The number of carbonyl (C=O) groups excluding carboxylic acids is 1. The second-order valence-electron chi connectivity index (χ2n) is 6.17. The van der Waals surface area contributed by atoms with Crippen molar-refractivity contribution in [2.75, 3.05) is 26.7 Å². The highest BCUT2D eigenvalue weighted by molar-refractivity contribution is 6.42. The van der Waals surface area contributed by atoms with Crippen LogP contribution in [-0.4, -0.2) is 42.7 Å². The largest absolute Gasteiger partial charge is 0.396 e. The summed E-state index contributed by atoms with van der Waals surface area (Å²) in [6.45, 7) is 0.810. The van der Waals surface area contributed by atoms with Gasteiger partial charge in [0.1, 0.15) is 0 Å². The molecule has 0 aliphatic heterocycles. The molecule has 0 saturated heterocycles. The predicted molar refractivity (Wildman–Crippen MR) is 107 cm³/mol. The van der Waals surface area contributed by atoms with E-state index in [1.807, 2.05) is 54.4 Å². The Morgan fingerprint density at radius 1 is 1.15 bits per heavy atom. The van der Waals surface area contributed by atoms with E-state index in [4.69, 9.17) is 23.2 Å². The molecule has 1 amide bonds. The van der Waals surface area contributed by atoms with Crippen molar-refractivity contribution in [1.82, 2.24) is 10.2 Å². The second kappa shape index (κ2) is 10.5. The van der Waals surface area contributed by atoms with Crippen molar-refractivity contribution in [2.45, 2.75) is 18.9 Å². The fourth-order valence-electron chi connectivity index (χ4n) is 2.91. The topological polar surface area (TPSA) is 52.6 Å². The van der Waals surface area contributed by atoms with Crippen LogP contribution < -0.4 is 5.32 Å². The molecule has 2 N–H and O–H groups in total. The van der Waals surface area contributed by atoms with Gasteiger partial charge in [-0.15, -0.1) is 0 Å². The number of hydrogen-bond donors (Lipinski definition) is 2. The summed E-state index contributed by atoms with van der Waals surface area (Å²) in [7, 11) is 1.89. The van der Waals surface area contributed by atoms with Crippen molar-refractivity contribution in [3.8, 4) is 0 Å². The van der Waals surface area contributed by atoms with E-state index in [1.165, 1.54) is 0 Å². The van der Waals surface area contributed by atoms with E-state index in [1.54, 1.807) is 6.07 Å². The lowest BCUT2D eigenvalue weighted by Crippen LogP contribution is -2.38. The SMILES string of the molecule is CN(CC(=O)NCCc1cccc(Cl)c1Cl)[C@@H](CCO)c1ccccc1. The first-order valence-electron chi connectivity index (χ1n) is 8.58. The van der Waals surface area contributed by atoms with Crippen LogP contribution >= 0.6 is 23.2 Å². The van der Waals surface area contributed by atoms with Crippen molar-refractivity contribution in [1.29, 1.82) is 0 Å². The Kier molecular flexibility index (Phi) is 8.39. The van der Waals surface area contributed by atoms with Crippen LogP contribution in [0.1, 0.15) is 23.6 Å². The average molecular weight is 395 g/mol. The summed E-state index contributed by atoms with van der Waals surface area (Å²) in [5, 5.41) is 13.3. The molecule has 0 aromatic heterocycles. The lowest BCUT2D eigenvalue weighted by atomic mass is 10.0. The Bertz CT molecular complexity index is 710. The molecular formula is C20H24Cl2N2O2. The van der Waals surface area contributed by atoms with Gasteiger partial charge in [-0.3, -0.25) is 9.69 Å². The first kappa shape index (κ1) is 20.7. The average Bonchev–Trinajstić information content (AvgIpc) is 2.63. The molecule has 0 heterocycles. The van der Waals surface area contributed by atoms with Gasteiger partial charge in [-0.25, -0.2) is 0 Å². The number of amides is 1. The van der Waals surface area contributed by atoms with Gasteiger partial charge in [0.15, 0.2) is 0 Å². The maximum atomic E-state index is 12.3. The molecule has 0 radical (unpaired) electrons. The minimum absolute atomic E-state index is 0.00526. The fourth-order valence-corrected chi connectivity index (χ4v) is 3.32. The smallest absolute Gasteiger partial charge is 0.234 e. The van der Waals surface area contributed by atoms with Gasteiger partial charge in [0.25, 0.3) is 0 Å². The molecule has 2 rings (SSSR count). The molecule has 140 valence electrons. The van der Waals surface area contributed by atoms with Gasteiger partial charge in [-0.05, 0) is 37.1 Å². The van der Waals surface area contributed by atoms with E-state index in [9.17, 15) is 9.90 Å². The molecule has 0 aliphatic rings. The van der Waals surface area contributed by atoms with Gasteiger partial charge < -0.3 is 10.4 Å². The van der Waals surface area contributed by atoms with Crippen LogP contribution in [0, 0.1) is 0 Å². The van der Waals surface area contributed by atoms with Gasteiger partial charge in [-0.1, -0.05) is 65.7 Å². The Hall–Kier alpha value is -1.59. The lowest BCUT2D eigenvalue weighted by molar-refractivity contribution is -0.122. The summed E-state index contributed by atoms with van der Waals surface area (Å²) in [5.41, 5.74) is 2.00. The number of carbonyl (C=O) groups is 1. The molecular weight excluding hydrogens is 371 g/mol. The van der Waals surface area contributed by atoms with Gasteiger partial charge in [0.2, 0.25) is 5.91 Å². The summed E-state index contributed by atoms with van der Waals surface area (Å²) in [5.74, 6) is -0.0653. The van der Waals surface area contributed by atoms with Gasteiger partial charge in [0, 0.05) is 19.2 Å². The minimum atomic E-state index is -0.0653. The van der Waals surface area contributed by atoms with E-state index in [2.05, 4.69) is 5.32 Å². The third-order valence-corrected chi connectivity index (χ3v) is 5.12. The van der Waals surface area contributed by atoms with Crippen LogP contribution in [0.4, 0.5) is 0 Å². The molecule has 2 aromatic rings. The summed E-state index contributed by atoms with van der Waals surface area (Å²) in [6, 6.07) is 15.4. The number of nitrogens with one attached hydrogen (secondary N) is 1. The zero-order chi connectivity index (χ0) is 18.9. The molecule has 0 spiro atoms. The standard InChI is InChI=1S/C20H24Cl2N2O2/c1-24(18(11-13-25)15-6-3-2-4-7-15)14-19(26)23-12-10-16-8-5-9-17(21)20(16)22/h2-9,18,25H,10-14H2,1H3,(H,23,26)/t18-/m0/s1. The van der Waals surface area contributed by atoms with Crippen LogP contribution in [0.2, 0.25) is 10.0 Å². The number of likely N-dealkylation sites (N-methyl/N-ethyl adjacent to an activating group) is 1. The molecule has 2 aromatic carbocycles. The van der Waals surface area contributed by atoms with Crippen molar-refractivity contribution in [3.05, 3.63) is 69.7 Å². The second-order valence-corrected chi connectivity index (χ2v) is 6.95. The Labute approximate surface area is 164 Å². The highest BCUT2D eigenvalue weighted by Gasteiger charge is 2.18. The van der Waals surface area contributed by atoms with E-state index in [0.717, 1.165) is 11.1 Å². The fraction of sp³-hybridized carbons (Fsp3) is 0.350. The number of hydrogen-bond acceptors (Lipinski definition) is 3. The number of aliphatic hydroxyl groups excluding tert-OH is 1. The Morgan fingerprint density at radius 2 is 1.88 bits per heavy atom. The third-order valence-electron chi connectivity index (χ3n) is 4.26. The Morgan fingerprint density at radius 3 is 2.58 bits per heavy atom. The number of aliphatic hydroxyl groups is 1. The molecule has 0 unspecified atom stereocenters. The van der Waals surface area contributed by atoms with Crippen LogP contribution in [0.25, 0.3) is 0 Å². The van der Waals surface area contributed by atoms with Gasteiger partial charge in [-0.2, -0.15) is 0 Å². The molecule has 0 fully saturated rings. The first-order valence-corrected chi connectivity index (χ1v) is 9.34. The van der Waals surface area contributed by atoms with E-state index < -0.39 is 0 Å². The van der Waals surface area contributed by atoms with Gasteiger partial charge >= 0.3 is 0 Å². The number of rotatable bonds is 9.